The van der Waals surface area contributed by atoms with Gasteiger partial charge in [-0.1, -0.05) is 205 Å². The third-order valence-electron chi connectivity index (χ3n) is 13.8. The van der Waals surface area contributed by atoms with Crippen molar-refractivity contribution in [1.82, 2.24) is 24.6 Å². The molecule has 2 atom stereocenters. The van der Waals surface area contributed by atoms with E-state index in [9.17, 15) is 9.59 Å². The lowest BCUT2D eigenvalue weighted by Gasteiger charge is -2.49. The lowest BCUT2D eigenvalue weighted by atomic mass is 9.77. The Morgan fingerprint density at radius 1 is 0.709 bits per heavy atom. The molecule has 0 bridgehead atoms. The number of nitrogens with zero attached hydrogens (tertiary/aromatic N) is 5. The maximum atomic E-state index is 15.4. The fourth-order valence-electron chi connectivity index (χ4n) is 9.84. The number of esters is 1. The number of thioether (sulfide) groups is 1. The van der Waals surface area contributed by atoms with E-state index >= 15 is 4.79 Å². The van der Waals surface area contributed by atoms with Gasteiger partial charge in [0.05, 0.1) is 18.3 Å². The van der Waals surface area contributed by atoms with Gasteiger partial charge in [0.2, 0.25) is 22.3 Å². The second-order valence-electron chi connectivity index (χ2n) is 18.5. The minimum atomic E-state index is -1.40. The SMILES string of the molecule is COc1ccc(COC(=O)C2=C(C=Cc3scnc3C)CS[C@H]3C(NC(=O)C(=NOC(c4ccccc4)(c4ccccc4)c4ccccc4)c4nsc(NC(c5ccccc5)(c5ccccc5)c5ccccc5)n4)C(=O)N23)cc1. The van der Waals surface area contributed by atoms with E-state index in [0.29, 0.717) is 22.2 Å². The van der Waals surface area contributed by atoms with E-state index in [1.807, 2.05) is 177 Å². The molecule has 0 radical (unpaired) electrons. The Labute approximate surface area is 469 Å². The van der Waals surface area contributed by atoms with Gasteiger partial charge in [-0.15, -0.1) is 23.1 Å². The third kappa shape index (κ3) is 10.5. The molecule has 2 aliphatic rings. The number of carbonyl (C=O) groups excluding carboxylic acids is 3. The van der Waals surface area contributed by atoms with Crippen LogP contribution in [0.4, 0.5) is 5.13 Å². The summed E-state index contributed by atoms with van der Waals surface area (Å²) in [6.45, 7) is 1.86. The van der Waals surface area contributed by atoms with Crippen molar-refractivity contribution in [1.29, 1.82) is 0 Å². The number of β-lactam (4-membered cyclic amide) rings is 1. The summed E-state index contributed by atoms with van der Waals surface area (Å²) in [6.07, 6.45) is 3.72. The number of hydrogen-bond donors (Lipinski definition) is 2. The number of oxime groups is 1. The summed E-state index contributed by atoms with van der Waals surface area (Å²) in [6, 6.07) is 65.3. The van der Waals surface area contributed by atoms with Gasteiger partial charge in [0.25, 0.3) is 11.8 Å². The third-order valence-corrected chi connectivity index (χ3v) is 16.6. The first-order valence-electron chi connectivity index (χ1n) is 25.4. The Morgan fingerprint density at radius 2 is 1.23 bits per heavy atom. The summed E-state index contributed by atoms with van der Waals surface area (Å²) in [4.78, 5) is 63.1. The minimum absolute atomic E-state index is 0.0474. The molecule has 1 unspecified atom stereocenters. The van der Waals surface area contributed by atoms with E-state index in [0.717, 1.165) is 61.0 Å². The lowest BCUT2D eigenvalue weighted by Crippen LogP contribution is -2.71. The molecule has 2 amide bonds. The molecule has 2 aromatic heterocycles. The number of hydrogen-bond acceptors (Lipinski definition) is 14. The van der Waals surface area contributed by atoms with Gasteiger partial charge < -0.3 is 24.9 Å². The Balaban J connectivity index is 0.982. The highest BCUT2D eigenvalue weighted by Crippen LogP contribution is 2.44. The lowest BCUT2D eigenvalue weighted by molar-refractivity contribution is -0.153. The molecule has 79 heavy (non-hydrogen) atoms. The van der Waals surface area contributed by atoms with Gasteiger partial charge >= 0.3 is 5.97 Å². The highest BCUT2D eigenvalue weighted by Gasteiger charge is 2.55. The summed E-state index contributed by atoms with van der Waals surface area (Å²) in [5.74, 6) is -1.03. The van der Waals surface area contributed by atoms with Gasteiger partial charge in [-0.05, 0) is 53.0 Å². The molecule has 1 fully saturated rings. The van der Waals surface area contributed by atoms with Crippen molar-refractivity contribution >= 4 is 69.3 Å². The van der Waals surface area contributed by atoms with E-state index in [2.05, 4.69) is 52.0 Å². The molecule has 7 aromatic carbocycles. The minimum Gasteiger partial charge on any atom is -0.497 e. The zero-order valence-electron chi connectivity index (χ0n) is 42.8. The van der Waals surface area contributed by atoms with E-state index in [1.54, 1.807) is 24.8 Å². The summed E-state index contributed by atoms with van der Waals surface area (Å²) in [7, 11) is 1.58. The molecule has 2 N–H and O–H groups in total. The summed E-state index contributed by atoms with van der Waals surface area (Å²) < 4.78 is 16.1. The van der Waals surface area contributed by atoms with Gasteiger partial charge in [-0.3, -0.25) is 14.5 Å². The van der Waals surface area contributed by atoms with Crippen molar-refractivity contribution in [3.05, 3.63) is 284 Å². The second-order valence-corrected chi connectivity index (χ2v) is 21.2. The van der Waals surface area contributed by atoms with Crippen LogP contribution in [0.2, 0.25) is 0 Å². The quantitative estimate of drug-likeness (QED) is 0.0261. The Hall–Kier alpha value is -8.96. The largest absolute Gasteiger partial charge is 0.497 e. The predicted octanol–water partition coefficient (Wildman–Crippen LogP) is 11.5. The number of rotatable bonds is 19. The summed E-state index contributed by atoms with van der Waals surface area (Å²) >= 11 is 3.94. The van der Waals surface area contributed by atoms with Gasteiger partial charge in [0.1, 0.15) is 35.0 Å². The topological polar surface area (TPSA) is 157 Å². The van der Waals surface area contributed by atoms with E-state index < -0.39 is 40.3 Å². The van der Waals surface area contributed by atoms with Crippen LogP contribution in [0.25, 0.3) is 6.08 Å². The molecular formula is C63H51N7O6S3. The van der Waals surface area contributed by atoms with Crippen molar-refractivity contribution in [2.75, 3.05) is 18.2 Å². The van der Waals surface area contributed by atoms with Crippen LogP contribution in [0.1, 0.15) is 55.3 Å². The summed E-state index contributed by atoms with van der Waals surface area (Å²) in [5.41, 5.74) is 6.37. The van der Waals surface area contributed by atoms with Crippen LogP contribution in [0.15, 0.2) is 234 Å². The van der Waals surface area contributed by atoms with E-state index in [-0.39, 0.29) is 23.8 Å². The zero-order chi connectivity index (χ0) is 54.2. The first-order chi connectivity index (χ1) is 38.8. The van der Waals surface area contributed by atoms with Gasteiger partial charge in [-0.25, -0.2) is 9.78 Å². The average molecular weight is 1100 g/mol. The van der Waals surface area contributed by atoms with Crippen molar-refractivity contribution in [3.8, 4) is 5.75 Å². The highest BCUT2D eigenvalue weighted by atomic mass is 32.2. The molecule has 9 aromatic rings. The monoisotopic (exact) mass is 1100 g/mol. The smallest absolute Gasteiger partial charge is 0.355 e. The van der Waals surface area contributed by atoms with E-state index in [1.165, 1.54) is 28.0 Å². The first-order valence-corrected chi connectivity index (χ1v) is 28.1. The van der Waals surface area contributed by atoms with Crippen LogP contribution in [0.3, 0.4) is 0 Å². The molecule has 11 rings (SSSR count). The highest BCUT2D eigenvalue weighted by molar-refractivity contribution is 8.00. The fraction of sp³-hybridized carbons (Fsp3) is 0.127. The summed E-state index contributed by atoms with van der Waals surface area (Å²) in [5, 5.41) is 11.3. The number of allylic oxidation sites excluding steroid dienone is 1. The fourth-order valence-corrected chi connectivity index (χ4v) is 12.5. The number of amides is 2. The number of anilines is 1. The van der Waals surface area contributed by atoms with Crippen molar-refractivity contribution < 1.29 is 28.7 Å². The number of aromatic nitrogens is 3. The number of nitrogens with one attached hydrogen (secondary N) is 2. The number of benzene rings is 7. The van der Waals surface area contributed by atoms with Crippen LogP contribution in [-0.2, 0) is 41.7 Å². The number of methoxy groups -OCH3 is 1. The van der Waals surface area contributed by atoms with Gasteiger partial charge in [0, 0.05) is 38.9 Å². The van der Waals surface area contributed by atoms with Crippen LogP contribution in [0, 0.1) is 6.92 Å². The van der Waals surface area contributed by atoms with Crippen molar-refractivity contribution in [2.45, 2.75) is 36.1 Å². The number of aryl methyl sites for hydroxylation is 1. The molecule has 392 valence electrons. The Morgan fingerprint density at radius 3 is 1.72 bits per heavy atom. The van der Waals surface area contributed by atoms with Crippen molar-refractivity contribution in [3.63, 3.8) is 0 Å². The molecule has 13 nitrogen and oxygen atoms in total. The molecule has 0 saturated carbocycles. The molecule has 4 heterocycles. The van der Waals surface area contributed by atoms with Crippen molar-refractivity contribution in [2.24, 2.45) is 5.16 Å². The molecular weight excluding hydrogens is 1050 g/mol. The van der Waals surface area contributed by atoms with Gasteiger partial charge in [0.15, 0.2) is 0 Å². The molecule has 2 aliphatic heterocycles. The Kier molecular flexibility index (Phi) is 15.4. The van der Waals surface area contributed by atoms with E-state index in [4.69, 9.17) is 28.8 Å². The number of ether oxygens (including phenoxy) is 2. The molecule has 0 aliphatic carbocycles. The number of fused-ring (bicyclic) bond motifs is 1. The maximum Gasteiger partial charge on any atom is 0.355 e. The second kappa shape index (κ2) is 23.3. The van der Waals surface area contributed by atoms with Crippen LogP contribution in [0.5, 0.6) is 5.75 Å². The normalized spacial score (nSPS) is 15.5. The number of thiazole rings is 1. The predicted molar refractivity (Wildman–Crippen MR) is 310 cm³/mol. The zero-order valence-corrected chi connectivity index (χ0v) is 45.3. The molecule has 1 saturated heterocycles. The average Bonchev–Trinajstić information content (AvgIpc) is 4.30. The Bertz CT molecular complexity index is 3480. The molecule has 0 spiro atoms. The molecule has 16 heteroatoms. The van der Waals surface area contributed by atoms with Crippen LogP contribution >= 0.6 is 34.6 Å². The standard InChI is InChI=1S/C63H51N7O6S3/c1-42-52(78-41-64-42)38-35-44-40-77-59-54(58(72)70(59)55(44)60(73)75-39-43-33-36-51(74-2)37-34-43)65-57(71)53(68-76-63(48-27-15-6-16-28-48,49-29-17-7-18-30-49)50-31-19-8-20-32-50)56-66-61(79-69-56)67-62(45-21-9-3-10-22-45,46-23-11-4-12-24-46)47-25-13-5-14-26-47/h3-38,41,54,59H,39-40H2,1-2H3,(H,65,71)(H,66,67,69)/t54?,59-/m0/s1. The first kappa shape index (κ1) is 52.1. The van der Waals surface area contributed by atoms with Crippen LogP contribution < -0.4 is 15.4 Å². The maximum absolute atomic E-state index is 15.4. The van der Waals surface area contributed by atoms with Gasteiger partial charge in [-0.2, -0.15) is 9.36 Å². The number of carbonyl (C=O) groups is 3. The van der Waals surface area contributed by atoms with Crippen LogP contribution in [-0.4, -0.2) is 67.0 Å².